The summed E-state index contributed by atoms with van der Waals surface area (Å²) in [5.74, 6) is -0.248. The van der Waals surface area contributed by atoms with Crippen LogP contribution in [0.25, 0.3) is 0 Å². The average molecular weight is 335 g/mol. The highest BCUT2D eigenvalue weighted by atomic mass is 35.5. The normalized spacial score (nSPS) is 11.8. The molecule has 0 aromatic heterocycles. The van der Waals surface area contributed by atoms with Crippen molar-refractivity contribution in [3.05, 3.63) is 58.6 Å². The van der Waals surface area contributed by atoms with Crippen molar-refractivity contribution in [2.45, 2.75) is 13.0 Å². The fourth-order valence-electron chi connectivity index (χ4n) is 1.99. The third kappa shape index (κ3) is 4.96. The van der Waals surface area contributed by atoms with Crippen LogP contribution < -0.4 is 10.6 Å². The molecule has 0 heterocycles. The fraction of sp³-hybridized carbons (Fsp3) is 0.235. The van der Waals surface area contributed by atoms with Crippen LogP contribution in [0.4, 0.5) is 11.4 Å². The van der Waals surface area contributed by atoms with Crippen molar-refractivity contribution in [2.24, 2.45) is 0 Å². The van der Waals surface area contributed by atoms with Gasteiger partial charge in [0.15, 0.2) is 0 Å². The third-order valence-corrected chi connectivity index (χ3v) is 3.56. The van der Waals surface area contributed by atoms with Crippen LogP contribution in [-0.2, 0) is 0 Å². The number of benzene rings is 2. The Hall–Kier alpha value is -2.08. The summed E-state index contributed by atoms with van der Waals surface area (Å²) in [6.45, 7) is 1.77. The number of aliphatic hydroxyl groups excluding tert-OH is 2. The fourth-order valence-corrected chi connectivity index (χ4v) is 2.17. The molecule has 0 saturated heterocycles. The quantitative estimate of drug-likeness (QED) is 0.654. The third-order valence-electron chi connectivity index (χ3n) is 3.33. The Balaban J connectivity index is 2.09. The summed E-state index contributed by atoms with van der Waals surface area (Å²) in [6, 6.07) is 12.2. The first kappa shape index (κ1) is 17.3. The van der Waals surface area contributed by atoms with Gasteiger partial charge in [-0.15, -0.1) is 0 Å². The van der Waals surface area contributed by atoms with Crippen LogP contribution in [0.1, 0.15) is 15.9 Å². The zero-order valence-corrected chi connectivity index (χ0v) is 13.5. The van der Waals surface area contributed by atoms with E-state index >= 15 is 0 Å². The second-order valence-corrected chi connectivity index (χ2v) is 5.65. The molecule has 4 N–H and O–H groups in total. The Bertz CT molecular complexity index is 691. The van der Waals surface area contributed by atoms with Crippen LogP contribution in [0.3, 0.4) is 0 Å². The van der Waals surface area contributed by atoms with Gasteiger partial charge in [-0.25, -0.2) is 0 Å². The van der Waals surface area contributed by atoms with Crippen molar-refractivity contribution in [3.63, 3.8) is 0 Å². The highest BCUT2D eigenvalue weighted by Crippen LogP contribution is 2.21. The second kappa shape index (κ2) is 7.97. The molecule has 122 valence electrons. The molecule has 1 atom stereocenters. The molecule has 0 fully saturated rings. The van der Waals surface area contributed by atoms with Crippen LogP contribution in [0.5, 0.6) is 0 Å². The molecule has 0 spiro atoms. The number of carbonyl (C=O) groups is 1. The number of carbonyl (C=O) groups excluding carboxylic acids is 1. The average Bonchev–Trinajstić information content (AvgIpc) is 2.56. The van der Waals surface area contributed by atoms with E-state index in [9.17, 15) is 9.90 Å². The minimum Gasteiger partial charge on any atom is -0.394 e. The van der Waals surface area contributed by atoms with Crippen molar-refractivity contribution in [3.8, 4) is 0 Å². The molecule has 0 aliphatic carbocycles. The Kier molecular flexibility index (Phi) is 5.98. The van der Waals surface area contributed by atoms with Crippen LogP contribution in [-0.4, -0.2) is 35.4 Å². The molecule has 6 heteroatoms. The predicted octanol–water partition coefficient (Wildman–Crippen LogP) is 2.67. The molecular weight excluding hydrogens is 316 g/mol. The summed E-state index contributed by atoms with van der Waals surface area (Å²) >= 11 is 5.95. The molecule has 2 rings (SSSR count). The monoisotopic (exact) mass is 334 g/mol. The molecule has 0 bridgehead atoms. The van der Waals surface area contributed by atoms with Crippen molar-refractivity contribution >= 4 is 28.9 Å². The summed E-state index contributed by atoms with van der Waals surface area (Å²) in [6.07, 6.45) is -0.846. The number of anilines is 2. The zero-order chi connectivity index (χ0) is 16.8. The minimum atomic E-state index is -0.846. The van der Waals surface area contributed by atoms with Crippen LogP contribution in [0, 0.1) is 6.92 Å². The molecule has 2 aromatic carbocycles. The Labute approximate surface area is 139 Å². The summed E-state index contributed by atoms with van der Waals surface area (Å²) in [5, 5.41) is 24.5. The highest BCUT2D eigenvalue weighted by molar-refractivity contribution is 6.31. The molecule has 23 heavy (non-hydrogen) atoms. The number of nitrogens with one attached hydrogen (secondary N) is 2. The van der Waals surface area contributed by atoms with E-state index in [1.54, 1.807) is 36.4 Å². The van der Waals surface area contributed by atoms with Gasteiger partial charge in [-0.3, -0.25) is 4.79 Å². The largest absolute Gasteiger partial charge is 0.394 e. The van der Waals surface area contributed by atoms with Gasteiger partial charge in [0.2, 0.25) is 0 Å². The van der Waals surface area contributed by atoms with E-state index in [1.165, 1.54) is 0 Å². The Morgan fingerprint density at radius 2 is 2.04 bits per heavy atom. The zero-order valence-electron chi connectivity index (χ0n) is 12.7. The lowest BCUT2D eigenvalue weighted by Gasteiger charge is -2.12. The summed E-state index contributed by atoms with van der Waals surface area (Å²) < 4.78 is 0. The number of halogens is 1. The molecule has 0 radical (unpaired) electrons. The maximum absolute atomic E-state index is 12.4. The number of hydrogen-bond acceptors (Lipinski definition) is 4. The number of hydrogen-bond donors (Lipinski definition) is 4. The molecular formula is C17H19ClN2O3. The van der Waals surface area contributed by atoms with Gasteiger partial charge in [-0.2, -0.15) is 0 Å². The molecule has 1 unspecified atom stereocenters. The Morgan fingerprint density at radius 1 is 1.26 bits per heavy atom. The maximum Gasteiger partial charge on any atom is 0.255 e. The van der Waals surface area contributed by atoms with Crippen molar-refractivity contribution in [2.75, 3.05) is 23.8 Å². The summed E-state index contributed by atoms with van der Waals surface area (Å²) in [5.41, 5.74) is 2.75. The van der Waals surface area contributed by atoms with Gasteiger partial charge in [-0.05, 0) is 42.8 Å². The van der Waals surface area contributed by atoms with Gasteiger partial charge in [0.25, 0.3) is 5.91 Å². The van der Waals surface area contributed by atoms with Crippen molar-refractivity contribution < 1.29 is 15.0 Å². The molecule has 0 aliphatic rings. The molecule has 0 saturated carbocycles. The predicted molar refractivity (Wildman–Crippen MR) is 92.2 cm³/mol. The highest BCUT2D eigenvalue weighted by Gasteiger charge is 2.09. The standard InChI is InChI=1S/C17H19ClN2O3/c1-11-5-6-13(18)8-16(11)20-17(23)12-3-2-4-14(7-12)19-9-15(22)10-21/h2-8,15,19,21-22H,9-10H2,1H3,(H,20,23). The lowest BCUT2D eigenvalue weighted by atomic mass is 10.1. The van der Waals surface area contributed by atoms with E-state index in [4.69, 9.17) is 16.7 Å². The molecule has 0 aliphatic heterocycles. The summed E-state index contributed by atoms with van der Waals surface area (Å²) in [4.78, 5) is 12.4. The van der Waals surface area contributed by atoms with Gasteiger partial charge in [0.05, 0.1) is 12.7 Å². The van der Waals surface area contributed by atoms with Gasteiger partial charge in [0, 0.05) is 28.5 Å². The van der Waals surface area contributed by atoms with Crippen LogP contribution >= 0.6 is 11.6 Å². The second-order valence-electron chi connectivity index (χ2n) is 5.21. The smallest absolute Gasteiger partial charge is 0.255 e. The van der Waals surface area contributed by atoms with Crippen LogP contribution in [0.15, 0.2) is 42.5 Å². The van der Waals surface area contributed by atoms with Gasteiger partial charge < -0.3 is 20.8 Å². The topological polar surface area (TPSA) is 81.6 Å². The number of aliphatic hydroxyl groups is 2. The Morgan fingerprint density at radius 3 is 2.78 bits per heavy atom. The van der Waals surface area contributed by atoms with E-state index in [-0.39, 0.29) is 19.1 Å². The van der Waals surface area contributed by atoms with Gasteiger partial charge >= 0.3 is 0 Å². The van der Waals surface area contributed by atoms with E-state index in [0.717, 1.165) is 5.56 Å². The first-order valence-corrected chi connectivity index (χ1v) is 7.57. The van der Waals surface area contributed by atoms with E-state index < -0.39 is 6.10 Å². The first-order valence-electron chi connectivity index (χ1n) is 7.20. The van der Waals surface area contributed by atoms with Gasteiger partial charge in [-0.1, -0.05) is 23.7 Å². The number of rotatable bonds is 6. The lowest BCUT2D eigenvalue weighted by Crippen LogP contribution is -2.23. The lowest BCUT2D eigenvalue weighted by molar-refractivity contribution is 0.102. The molecule has 2 aromatic rings. The van der Waals surface area contributed by atoms with Crippen LogP contribution in [0.2, 0.25) is 5.02 Å². The molecule has 5 nitrogen and oxygen atoms in total. The number of amides is 1. The van der Waals surface area contributed by atoms with E-state index in [2.05, 4.69) is 10.6 Å². The number of aryl methyl sites for hydroxylation is 1. The van der Waals surface area contributed by atoms with Crippen molar-refractivity contribution in [1.29, 1.82) is 0 Å². The molecule has 1 amide bonds. The summed E-state index contributed by atoms with van der Waals surface area (Å²) in [7, 11) is 0. The maximum atomic E-state index is 12.4. The van der Waals surface area contributed by atoms with E-state index in [1.807, 2.05) is 13.0 Å². The minimum absolute atomic E-state index is 0.203. The SMILES string of the molecule is Cc1ccc(Cl)cc1NC(=O)c1cccc(NCC(O)CO)c1. The van der Waals surface area contributed by atoms with Crippen molar-refractivity contribution in [1.82, 2.24) is 0 Å². The van der Waals surface area contributed by atoms with E-state index in [0.29, 0.717) is 22.0 Å². The van der Waals surface area contributed by atoms with Gasteiger partial charge in [0.1, 0.15) is 0 Å². The first-order chi connectivity index (χ1) is 11.0.